The maximum atomic E-state index is 12.4. The SMILES string of the molecule is CCNC(=NCCC1CCN(CC(F)(F)F)CC1)NCCn1cccc1.I. The number of nitrogens with one attached hydrogen (secondary N) is 2. The van der Waals surface area contributed by atoms with Gasteiger partial charge in [-0.25, -0.2) is 0 Å². The fourth-order valence-corrected chi connectivity index (χ4v) is 3.21. The van der Waals surface area contributed by atoms with Crippen molar-refractivity contribution in [2.45, 2.75) is 38.9 Å². The Hall–Kier alpha value is -0.970. The maximum absolute atomic E-state index is 12.4. The third-order valence-corrected chi connectivity index (χ3v) is 4.59. The van der Waals surface area contributed by atoms with Crippen LogP contribution in [0.5, 0.6) is 0 Å². The second-order valence-corrected chi connectivity index (χ2v) is 6.73. The molecule has 0 bridgehead atoms. The van der Waals surface area contributed by atoms with Gasteiger partial charge in [0.05, 0.1) is 6.54 Å². The van der Waals surface area contributed by atoms with E-state index in [4.69, 9.17) is 0 Å². The molecule has 1 saturated heterocycles. The zero-order valence-electron chi connectivity index (χ0n) is 15.8. The molecule has 1 aliphatic rings. The van der Waals surface area contributed by atoms with E-state index in [2.05, 4.69) is 20.2 Å². The highest BCUT2D eigenvalue weighted by Crippen LogP contribution is 2.24. The molecule has 9 heteroatoms. The van der Waals surface area contributed by atoms with Gasteiger partial charge in [-0.1, -0.05) is 0 Å². The number of aliphatic imine (C=N–C) groups is 1. The van der Waals surface area contributed by atoms with Gasteiger partial charge >= 0.3 is 6.18 Å². The Morgan fingerprint density at radius 2 is 1.81 bits per heavy atom. The first-order chi connectivity index (χ1) is 12.5. The first kappa shape index (κ1) is 24.1. The number of hydrogen-bond acceptors (Lipinski definition) is 2. The molecule has 27 heavy (non-hydrogen) atoms. The highest BCUT2D eigenvalue weighted by Gasteiger charge is 2.32. The van der Waals surface area contributed by atoms with E-state index in [1.807, 2.05) is 31.5 Å². The van der Waals surface area contributed by atoms with Crippen LogP contribution in [-0.2, 0) is 6.54 Å². The average Bonchev–Trinajstić information content (AvgIpc) is 3.08. The largest absolute Gasteiger partial charge is 0.401 e. The molecule has 1 aromatic heterocycles. The Kier molecular flexibility index (Phi) is 11.1. The molecule has 2 heterocycles. The highest BCUT2D eigenvalue weighted by atomic mass is 127. The molecule has 0 saturated carbocycles. The Bertz CT molecular complexity index is 526. The van der Waals surface area contributed by atoms with Gasteiger partial charge in [0.2, 0.25) is 0 Å². The second kappa shape index (κ2) is 12.5. The number of rotatable bonds is 8. The van der Waals surface area contributed by atoms with Gasteiger partial charge in [0.15, 0.2) is 5.96 Å². The zero-order chi connectivity index (χ0) is 18.8. The summed E-state index contributed by atoms with van der Waals surface area (Å²) in [5, 5.41) is 6.54. The summed E-state index contributed by atoms with van der Waals surface area (Å²) in [5.74, 6) is 1.26. The van der Waals surface area contributed by atoms with Gasteiger partial charge in [-0.2, -0.15) is 13.2 Å². The number of halogens is 4. The number of aromatic nitrogens is 1. The highest BCUT2D eigenvalue weighted by molar-refractivity contribution is 14.0. The predicted octanol–water partition coefficient (Wildman–Crippen LogP) is 3.33. The maximum Gasteiger partial charge on any atom is 0.401 e. The monoisotopic (exact) mass is 501 g/mol. The molecule has 0 atom stereocenters. The summed E-state index contributed by atoms with van der Waals surface area (Å²) in [6.45, 7) is 5.46. The molecule has 0 amide bonds. The number of nitrogens with zero attached hydrogens (tertiary/aromatic N) is 3. The molecule has 156 valence electrons. The van der Waals surface area contributed by atoms with Crippen LogP contribution < -0.4 is 10.6 Å². The number of alkyl halides is 3. The van der Waals surface area contributed by atoms with Gasteiger partial charge in [0.1, 0.15) is 0 Å². The van der Waals surface area contributed by atoms with Crippen LogP contribution in [0, 0.1) is 5.92 Å². The third kappa shape index (κ3) is 10.2. The molecule has 0 aliphatic carbocycles. The summed E-state index contributed by atoms with van der Waals surface area (Å²) >= 11 is 0. The van der Waals surface area contributed by atoms with Gasteiger partial charge in [-0.05, 0) is 57.3 Å². The summed E-state index contributed by atoms with van der Waals surface area (Å²) in [6.07, 6.45) is 2.53. The quantitative estimate of drug-likeness (QED) is 0.327. The normalized spacial score (nSPS) is 16.8. The van der Waals surface area contributed by atoms with Crippen molar-refractivity contribution in [3.8, 4) is 0 Å². The fourth-order valence-electron chi connectivity index (χ4n) is 3.21. The van der Waals surface area contributed by atoms with Crippen LogP contribution in [0.4, 0.5) is 13.2 Å². The van der Waals surface area contributed by atoms with Crippen LogP contribution in [0.3, 0.4) is 0 Å². The molecular weight excluding hydrogens is 470 g/mol. The summed E-state index contributed by atoms with van der Waals surface area (Å²) in [6, 6.07) is 4.00. The van der Waals surface area contributed by atoms with Crippen LogP contribution in [0.2, 0.25) is 0 Å². The van der Waals surface area contributed by atoms with Crippen molar-refractivity contribution in [1.82, 2.24) is 20.1 Å². The summed E-state index contributed by atoms with van der Waals surface area (Å²) < 4.78 is 39.4. The van der Waals surface area contributed by atoms with E-state index in [0.29, 0.717) is 25.6 Å². The molecule has 0 unspecified atom stereocenters. The molecule has 1 aliphatic heterocycles. The van der Waals surface area contributed by atoms with Gasteiger partial charge in [-0.15, -0.1) is 24.0 Å². The van der Waals surface area contributed by atoms with Crippen molar-refractivity contribution >= 4 is 29.9 Å². The van der Waals surface area contributed by atoms with Crippen molar-refractivity contribution in [2.24, 2.45) is 10.9 Å². The van der Waals surface area contributed by atoms with E-state index < -0.39 is 12.7 Å². The van der Waals surface area contributed by atoms with Crippen molar-refractivity contribution in [3.05, 3.63) is 24.5 Å². The van der Waals surface area contributed by atoms with Gasteiger partial charge in [0.25, 0.3) is 0 Å². The fraction of sp³-hybridized carbons (Fsp3) is 0.722. The smallest absolute Gasteiger partial charge is 0.357 e. The van der Waals surface area contributed by atoms with E-state index >= 15 is 0 Å². The topological polar surface area (TPSA) is 44.6 Å². The van der Waals surface area contributed by atoms with Crippen molar-refractivity contribution in [1.29, 1.82) is 0 Å². The molecule has 5 nitrogen and oxygen atoms in total. The summed E-state index contributed by atoms with van der Waals surface area (Å²) in [4.78, 5) is 6.10. The van der Waals surface area contributed by atoms with Crippen LogP contribution in [0.1, 0.15) is 26.2 Å². The Balaban J connectivity index is 0.00000364. The minimum atomic E-state index is -4.09. The zero-order valence-corrected chi connectivity index (χ0v) is 18.2. The molecule has 0 aromatic carbocycles. The molecular formula is C18H31F3IN5. The Morgan fingerprint density at radius 3 is 2.41 bits per heavy atom. The van der Waals surface area contributed by atoms with Crippen molar-refractivity contribution < 1.29 is 13.2 Å². The van der Waals surface area contributed by atoms with Crippen LogP contribution in [0.25, 0.3) is 0 Å². The Labute approximate surface area is 176 Å². The average molecular weight is 501 g/mol. The van der Waals surface area contributed by atoms with Crippen molar-refractivity contribution in [2.75, 3.05) is 39.3 Å². The number of piperidine rings is 1. The lowest BCUT2D eigenvalue weighted by Gasteiger charge is -2.32. The summed E-state index contributed by atoms with van der Waals surface area (Å²) in [7, 11) is 0. The first-order valence-electron chi connectivity index (χ1n) is 9.38. The number of likely N-dealkylation sites (tertiary alicyclic amines) is 1. The molecule has 1 aromatic rings. The Morgan fingerprint density at radius 1 is 1.15 bits per heavy atom. The third-order valence-electron chi connectivity index (χ3n) is 4.59. The van der Waals surface area contributed by atoms with Crippen LogP contribution >= 0.6 is 24.0 Å². The van der Waals surface area contributed by atoms with E-state index in [-0.39, 0.29) is 24.0 Å². The molecule has 0 radical (unpaired) electrons. The van der Waals surface area contributed by atoms with Gasteiger partial charge in [0, 0.05) is 38.6 Å². The molecule has 2 rings (SSSR count). The van der Waals surface area contributed by atoms with Crippen molar-refractivity contribution in [3.63, 3.8) is 0 Å². The van der Waals surface area contributed by atoms with Gasteiger partial charge < -0.3 is 15.2 Å². The van der Waals surface area contributed by atoms with E-state index in [1.54, 1.807) is 0 Å². The standard InChI is InChI=1S/C18H30F3N5.HI/c1-2-22-17(24-9-14-25-10-3-4-11-25)23-8-5-16-6-12-26(13-7-16)15-18(19,20)21;/h3-4,10-11,16H,2,5-9,12-15H2,1H3,(H2,22,23,24);1H. The number of guanidine groups is 1. The molecule has 2 N–H and O–H groups in total. The van der Waals surface area contributed by atoms with E-state index in [1.165, 1.54) is 4.90 Å². The second-order valence-electron chi connectivity index (χ2n) is 6.73. The summed E-state index contributed by atoms with van der Waals surface area (Å²) in [5.41, 5.74) is 0. The predicted molar refractivity (Wildman–Crippen MR) is 114 cm³/mol. The van der Waals surface area contributed by atoms with Crippen LogP contribution in [0.15, 0.2) is 29.5 Å². The molecule has 1 fully saturated rings. The van der Waals surface area contributed by atoms with E-state index in [9.17, 15) is 13.2 Å². The minimum Gasteiger partial charge on any atom is -0.357 e. The lowest BCUT2D eigenvalue weighted by molar-refractivity contribution is -0.148. The lowest BCUT2D eigenvalue weighted by Crippen LogP contribution is -2.40. The van der Waals surface area contributed by atoms with E-state index in [0.717, 1.165) is 44.9 Å². The molecule has 0 spiro atoms. The van der Waals surface area contributed by atoms with Crippen LogP contribution in [-0.4, -0.2) is 60.9 Å². The lowest BCUT2D eigenvalue weighted by atomic mass is 9.93. The number of hydrogen-bond donors (Lipinski definition) is 2. The minimum absolute atomic E-state index is 0. The first-order valence-corrected chi connectivity index (χ1v) is 9.38. The van der Waals surface area contributed by atoms with Gasteiger partial charge in [-0.3, -0.25) is 9.89 Å².